The molecule has 2 saturated carbocycles. The Labute approximate surface area is 115 Å². The maximum Gasteiger partial charge on any atom is 0.303 e. The van der Waals surface area contributed by atoms with Gasteiger partial charge in [0.15, 0.2) is 0 Å². The lowest BCUT2D eigenvalue weighted by Gasteiger charge is -2.23. The van der Waals surface area contributed by atoms with E-state index in [9.17, 15) is 9.59 Å². The highest BCUT2D eigenvalue weighted by Gasteiger charge is 2.41. The highest BCUT2D eigenvalue weighted by Crippen LogP contribution is 2.48. The minimum absolute atomic E-state index is 0.00227. The predicted octanol–water partition coefficient (Wildman–Crippen LogP) is 2.43. The minimum atomic E-state index is -0.841. The van der Waals surface area contributed by atoms with Crippen molar-refractivity contribution in [3.8, 4) is 0 Å². The van der Waals surface area contributed by atoms with E-state index in [2.05, 4.69) is 5.32 Å². The molecular weight excluding hydrogens is 242 g/mol. The summed E-state index contributed by atoms with van der Waals surface area (Å²) in [6.45, 7) is 4.46. The van der Waals surface area contributed by atoms with Crippen LogP contribution in [0.5, 0.6) is 0 Å². The molecule has 0 atom stereocenters. The van der Waals surface area contributed by atoms with Gasteiger partial charge in [-0.1, -0.05) is 13.8 Å². The lowest BCUT2D eigenvalue weighted by atomic mass is 9.85. The molecule has 2 N–H and O–H groups in total. The third kappa shape index (κ3) is 4.84. The average molecular weight is 267 g/mol. The first-order chi connectivity index (χ1) is 8.87. The van der Waals surface area contributed by atoms with Crippen LogP contribution >= 0.6 is 0 Å². The zero-order valence-corrected chi connectivity index (χ0v) is 11.9. The van der Waals surface area contributed by atoms with Crippen molar-refractivity contribution >= 4 is 11.9 Å². The molecule has 1 amide bonds. The molecule has 0 spiro atoms. The van der Waals surface area contributed by atoms with Gasteiger partial charge in [0.05, 0.1) is 6.42 Å². The van der Waals surface area contributed by atoms with E-state index in [4.69, 9.17) is 5.11 Å². The number of carbonyl (C=O) groups is 2. The van der Waals surface area contributed by atoms with Gasteiger partial charge in [0.25, 0.3) is 0 Å². The molecule has 4 nitrogen and oxygen atoms in total. The van der Waals surface area contributed by atoms with Gasteiger partial charge in [-0.15, -0.1) is 0 Å². The Morgan fingerprint density at radius 2 is 1.68 bits per heavy atom. The highest BCUT2D eigenvalue weighted by molar-refractivity contribution is 5.77. The smallest absolute Gasteiger partial charge is 0.303 e. The maximum absolute atomic E-state index is 11.9. The third-order valence-corrected chi connectivity index (χ3v) is 4.26. The summed E-state index contributed by atoms with van der Waals surface area (Å²) in [4.78, 5) is 22.7. The van der Waals surface area contributed by atoms with E-state index >= 15 is 0 Å². The molecule has 2 fully saturated rings. The van der Waals surface area contributed by atoms with Gasteiger partial charge in [0.1, 0.15) is 0 Å². The molecule has 0 aromatic carbocycles. The van der Waals surface area contributed by atoms with Gasteiger partial charge < -0.3 is 10.4 Å². The second-order valence-electron chi connectivity index (χ2n) is 7.05. The zero-order valence-electron chi connectivity index (χ0n) is 11.9. The van der Waals surface area contributed by atoms with Crippen LogP contribution in [0.1, 0.15) is 52.4 Å². The fourth-order valence-electron chi connectivity index (χ4n) is 2.97. The van der Waals surface area contributed by atoms with Crippen molar-refractivity contribution in [2.75, 3.05) is 6.54 Å². The predicted molar refractivity (Wildman–Crippen MR) is 72.6 cm³/mol. The Morgan fingerprint density at radius 3 is 2.11 bits per heavy atom. The first-order valence-corrected chi connectivity index (χ1v) is 7.36. The summed E-state index contributed by atoms with van der Waals surface area (Å²) >= 11 is 0. The molecule has 2 rings (SSSR count). The number of carboxylic acid groups (broad SMARTS) is 1. The third-order valence-electron chi connectivity index (χ3n) is 4.26. The highest BCUT2D eigenvalue weighted by atomic mass is 16.4. The molecule has 0 aromatic heterocycles. The number of amides is 1. The van der Waals surface area contributed by atoms with E-state index in [0.29, 0.717) is 12.3 Å². The second kappa shape index (κ2) is 5.51. The van der Waals surface area contributed by atoms with Crippen LogP contribution in [0.3, 0.4) is 0 Å². The van der Waals surface area contributed by atoms with E-state index in [1.165, 1.54) is 25.7 Å². The molecule has 0 bridgehead atoms. The Balaban J connectivity index is 1.72. The number of carbonyl (C=O) groups excluding carboxylic acids is 1. The SMILES string of the molecule is CC(C)(CC(=O)O)CC(=O)NCC(C1CC1)C1CC1. The molecule has 2 aliphatic rings. The first kappa shape index (κ1) is 14.4. The molecule has 0 aliphatic heterocycles. The van der Waals surface area contributed by atoms with Crippen molar-refractivity contribution in [1.29, 1.82) is 0 Å². The summed E-state index contributed by atoms with van der Waals surface area (Å²) < 4.78 is 0. The Kier molecular flexibility index (Phi) is 4.16. The summed E-state index contributed by atoms with van der Waals surface area (Å²) in [5.74, 6) is 1.50. The van der Waals surface area contributed by atoms with E-state index in [-0.39, 0.29) is 12.3 Å². The van der Waals surface area contributed by atoms with Crippen LogP contribution in [0, 0.1) is 23.2 Å². The maximum atomic E-state index is 11.9. The molecule has 0 unspecified atom stereocenters. The summed E-state index contributed by atoms with van der Waals surface area (Å²) in [7, 11) is 0. The van der Waals surface area contributed by atoms with Crippen LogP contribution in [-0.4, -0.2) is 23.5 Å². The van der Waals surface area contributed by atoms with Gasteiger partial charge in [-0.25, -0.2) is 0 Å². The first-order valence-electron chi connectivity index (χ1n) is 7.36. The van der Waals surface area contributed by atoms with E-state index in [1.54, 1.807) is 0 Å². The Morgan fingerprint density at radius 1 is 1.16 bits per heavy atom. The number of hydrogen-bond acceptors (Lipinski definition) is 2. The van der Waals surface area contributed by atoms with Crippen molar-refractivity contribution in [3.63, 3.8) is 0 Å². The van der Waals surface area contributed by atoms with Crippen LogP contribution < -0.4 is 5.32 Å². The molecule has 4 heteroatoms. The van der Waals surface area contributed by atoms with Crippen molar-refractivity contribution < 1.29 is 14.7 Å². The van der Waals surface area contributed by atoms with Gasteiger partial charge in [-0.2, -0.15) is 0 Å². The molecule has 108 valence electrons. The van der Waals surface area contributed by atoms with Gasteiger partial charge in [-0.05, 0) is 48.9 Å². The van der Waals surface area contributed by atoms with E-state index in [1.807, 2.05) is 13.8 Å². The van der Waals surface area contributed by atoms with Crippen molar-refractivity contribution in [1.82, 2.24) is 5.32 Å². The van der Waals surface area contributed by atoms with Crippen molar-refractivity contribution in [3.05, 3.63) is 0 Å². The summed E-state index contributed by atoms with van der Waals surface area (Å²) in [6, 6.07) is 0. The number of rotatable bonds is 8. The summed E-state index contributed by atoms with van der Waals surface area (Å²) in [6.07, 6.45) is 5.61. The minimum Gasteiger partial charge on any atom is -0.481 e. The van der Waals surface area contributed by atoms with Crippen molar-refractivity contribution in [2.24, 2.45) is 23.2 Å². The summed E-state index contributed by atoms with van der Waals surface area (Å²) in [5, 5.41) is 11.8. The van der Waals surface area contributed by atoms with Crippen LogP contribution in [0.15, 0.2) is 0 Å². The van der Waals surface area contributed by atoms with E-state index in [0.717, 1.165) is 18.4 Å². The number of hydrogen-bond donors (Lipinski definition) is 2. The molecule has 0 radical (unpaired) electrons. The normalized spacial score (nSPS) is 19.5. The fourth-order valence-corrected chi connectivity index (χ4v) is 2.97. The zero-order chi connectivity index (χ0) is 14.0. The number of carboxylic acids is 1. The van der Waals surface area contributed by atoms with Crippen LogP contribution in [0.25, 0.3) is 0 Å². The molecular formula is C15H25NO3. The number of nitrogens with one attached hydrogen (secondary N) is 1. The summed E-state index contributed by atoms with van der Waals surface area (Å²) in [5.41, 5.74) is -0.468. The molecule has 0 aromatic rings. The fraction of sp³-hybridized carbons (Fsp3) is 0.867. The van der Waals surface area contributed by atoms with Gasteiger partial charge in [0, 0.05) is 13.0 Å². The molecule has 0 saturated heterocycles. The topological polar surface area (TPSA) is 66.4 Å². The second-order valence-corrected chi connectivity index (χ2v) is 7.05. The molecule has 19 heavy (non-hydrogen) atoms. The standard InChI is InChI=1S/C15H25NO3/c1-15(2,8-14(18)19)7-13(17)16-9-12(10-3-4-10)11-5-6-11/h10-12H,3-9H2,1-2H3,(H,16,17)(H,18,19). The van der Waals surface area contributed by atoms with Crippen LogP contribution in [0.2, 0.25) is 0 Å². The van der Waals surface area contributed by atoms with Gasteiger partial charge in [0.2, 0.25) is 5.91 Å². The van der Waals surface area contributed by atoms with E-state index < -0.39 is 11.4 Å². The lowest BCUT2D eigenvalue weighted by molar-refractivity contribution is -0.139. The Bertz CT molecular complexity index is 344. The van der Waals surface area contributed by atoms with Gasteiger partial charge >= 0.3 is 5.97 Å². The average Bonchev–Trinajstić information content (AvgIpc) is 3.10. The monoisotopic (exact) mass is 267 g/mol. The Hall–Kier alpha value is -1.06. The number of aliphatic carboxylic acids is 1. The largest absolute Gasteiger partial charge is 0.481 e. The molecule has 0 heterocycles. The van der Waals surface area contributed by atoms with Crippen LogP contribution in [-0.2, 0) is 9.59 Å². The lowest BCUT2D eigenvalue weighted by Crippen LogP contribution is -2.34. The van der Waals surface area contributed by atoms with Crippen molar-refractivity contribution in [2.45, 2.75) is 52.4 Å². The molecule has 2 aliphatic carbocycles. The van der Waals surface area contributed by atoms with Gasteiger partial charge in [-0.3, -0.25) is 9.59 Å². The quantitative estimate of drug-likeness (QED) is 0.710. The van der Waals surface area contributed by atoms with Crippen LogP contribution in [0.4, 0.5) is 0 Å².